The highest BCUT2D eigenvalue weighted by Gasteiger charge is 2.44. The van der Waals surface area contributed by atoms with E-state index in [1.54, 1.807) is 13.8 Å². The summed E-state index contributed by atoms with van der Waals surface area (Å²) in [6.45, 7) is 3.34. The topological polar surface area (TPSA) is 83.6 Å². The summed E-state index contributed by atoms with van der Waals surface area (Å²) in [4.78, 5) is 25.2. The van der Waals surface area contributed by atoms with Crippen LogP contribution >= 0.6 is 0 Å². The molecular formula is C12H20N2O4S. The monoisotopic (exact) mass is 288 g/mol. The third kappa shape index (κ3) is 3.08. The Bertz CT molecular complexity index is 482. The maximum absolute atomic E-state index is 11.9. The van der Waals surface area contributed by atoms with Gasteiger partial charge in [-0.1, -0.05) is 0 Å². The maximum Gasteiger partial charge on any atom is 0.243 e. The van der Waals surface area contributed by atoms with Crippen LogP contribution in [0.5, 0.6) is 0 Å². The standard InChI is InChI=1S/C12H20N2O4S/c1-8(2)19(17,18)6-5-14-10(15)7-13-12(16)11(14)9-3-4-9/h8-9,11H,3-7H2,1-2H3,(H,13,16). The first-order chi connectivity index (χ1) is 8.83. The number of hydrogen-bond acceptors (Lipinski definition) is 4. The summed E-state index contributed by atoms with van der Waals surface area (Å²) >= 11 is 0. The van der Waals surface area contributed by atoms with E-state index in [1.165, 1.54) is 4.90 Å². The third-order valence-electron chi connectivity index (χ3n) is 3.74. The molecule has 2 amide bonds. The molecule has 1 unspecified atom stereocenters. The van der Waals surface area contributed by atoms with Gasteiger partial charge in [0.15, 0.2) is 9.84 Å². The van der Waals surface area contributed by atoms with Gasteiger partial charge in [0.25, 0.3) is 0 Å². The number of nitrogens with one attached hydrogen (secondary N) is 1. The fourth-order valence-corrected chi connectivity index (χ4v) is 3.19. The lowest BCUT2D eigenvalue weighted by molar-refractivity contribution is -0.146. The summed E-state index contributed by atoms with van der Waals surface area (Å²) in [5.74, 6) is -0.210. The molecule has 1 saturated heterocycles. The molecule has 7 heteroatoms. The lowest BCUT2D eigenvalue weighted by Gasteiger charge is -2.35. The molecule has 1 saturated carbocycles. The van der Waals surface area contributed by atoms with Crippen LogP contribution < -0.4 is 5.32 Å². The highest BCUT2D eigenvalue weighted by atomic mass is 32.2. The lowest BCUT2D eigenvalue weighted by atomic mass is 10.1. The van der Waals surface area contributed by atoms with E-state index >= 15 is 0 Å². The van der Waals surface area contributed by atoms with E-state index in [0.717, 1.165) is 12.8 Å². The summed E-state index contributed by atoms with van der Waals surface area (Å²) < 4.78 is 23.6. The first-order valence-corrected chi connectivity index (χ1v) is 8.33. The minimum atomic E-state index is -3.19. The van der Waals surface area contributed by atoms with Crippen molar-refractivity contribution < 1.29 is 18.0 Å². The number of sulfone groups is 1. The van der Waals surface area contributed by atoms with E-state index < -0.39 is 21.1 Å². The van der Waals surface area contributed by atoms with E-state index in [-0.39, 0.29) is 36.6 Å². The molecule has 2 fully saturated rings. The Morgan fingerprint density at radius 1 is 1.32 bits per heavy atom. The second-order valence-corrected chi connectivity index (χ2v) is 8.18. The molecule has 6 nitrogen and oxygen atoms in total. The normalized spacial score (nSPS) is 24.8. The van der Waals surface area contributed by atoms with E-state index in [2.05, 4.69) is 5.32 Å². The van der Waals surface area contributed by atoms with Gasteiger partial charge in [-0.2, -0.15) is 0 Å². The molecule has 1 aliphatic heterocycles. The molecule has 0 spiro atoms. The average Bonchev–Trinajstić information content (AvgIpc) is 3.14. The molecule has 1 N–H and O–H groups in total. The summed E-state index contributed by atoms with van der Waals surface area (Å²) in [5, 5.41) is 2.12. The zero-order valence-electron chi connectivity index (χ0n) is 11.3. The largest absolute Gasteiger partial charge is 0.345 e. The first kappa shape index (κ1) is 14.3. The van der Waals surface area contributed by atoms with Crippen LogP contribution in [0.1, 0.15) is 26.7 Å². The highest BCUT2D eigenvalue weighted by molar-refractivity contribution is 7.92. The zero-order valence-corrected chi connectivity index (χ0v) is 12.1. The molecule has 0 aromatic heterocycles. The molecule has 0 bridgehead atoms. The van der Waals surface area contributed by atoms with Gasteiger partial charge in [0.2, 0.25) is 11.8 Å². The van der Waals surface area contributed by atoms with Gasteiger partial charge < -0.3 is 10.2 Å². The van der Waals surface area contributed by atoms with Gasteiger partial charge in [0.1, 0.15) is 6.04 Å². The van der Waals surface area contributed by atoms with Crippen LogP contribution in [0.3, 0.4) is 0 Å². The highest BCUT2D eigenvalue weighted by Crippen LogP contribution is 2.36. The second kappa shape index (κ2) is 5.11. The smallest absolute Gasteiger partial charge is 0.243 e. The van der Waals surface area contributed by atoms with E-state index in [9.17, 15) is 18.0 Å². The number of carbonyl (C=O) groups is 2. The van der Waals surface area contributed by atoms with Crippen LogP contribution in [-0.2, 0) is 19.4 Å². The van der Waals surface area contributed by atoms with Crippen LogP contribution in [0.15, 0.2) is 0 Å². The van der Waals surface area contributed by atoms with Crippen molar-refractivity contribution in [2.24, 2.45) is 5.92 Å². The number of amides is 2. The summed E-state index contributed by atoms with van der Waals surface area (Å²) in [7, 11) is -3.19. The van der Waals surface area contributed by atoms with Crippen molar-refractivity contribution in [3.8, 4) is 0 Å². The van der Waals surface area contributed by atoms with Gasteiger partial charge in [-0.3, -0.25) is 9.59 Å². The Kier molecular flexibility index (Phi) is 3.85. The molecule has 1 atom stereocenters. The number of rotatable bonds is 5. The van der Waals surface area contributed by atoms with Gasteiger partial charge in [0, 0.05) is 6.54 Å². The minimum absolute atomic E-state index is 0.0240. The molecule has 19 heavy (non-hydrogen) atoms. The van der Waals surface area contributed by atoms with Crippen molar-refractivity contribution in [1.29, 1.82) is 0 Å². The number of nitrogens with zero attached hydrogens (tertiary/aromatic N) is 1. The van der Waals surface area contributed by atoms with Crippen LogP contribution in [0, 0.1) is 5.92 Å². The predicted octanol–water partition coefficient (Wildman–Crippen LogP) is -0.453. The van der Waals surface area contributed by atoms with Crippen LogP contribution in [0.2, 0.25) is 0 Å². The molecule has 2 aliphatic rings. The predicted molar refractivity (Wildman–Crippen MR) is 70.2 cm³/mol. The van der Waals surface area contributed by atoms with Gasteiger partial charge >= 0.3 is 0 Å². The van der Waals surface area contributed by atoms with Crippen molar-refractivity contribution >= 4 is 21.7 Å². The molecule has 1 aliphatic carbocycles. The van der Waals surface area contributed by atoms with E-state index in [4.69, 9.17) is 0 Å². The Balaban J connectivity index is 2.07. The summed E-state index contributed by atoms with van der Waals surface area (Å²) in [5.41, 5.74) is 0. The van der Waals surface area contributed by atoms with Gasteiger partial charge in [0.05, 0.1) is 17.5 Å². The van der Waals surface area contributed by atoms with E-state index in [0.29, 0.717) is 0 Å². The van der Waals surface area contributed by atoms with Crippen molar-refractivity contribution in [2.45, 2.75) is 38.0 Å². The van der Waals surface area contributed by atoms with Gasteiger partial charge in [-0.25, -0.2) is 8.42 Å². The third-order valence-corrected chi connectivity index (χ3v) is 5.93. The molecule has 108 valence electrons. The molecular weight excluding hydrogens is 268 g/mol. The van der Waals surface area contributed by atoms with Crippen LogP contribution in [0.4, 0.5) is 0 Å². The molecule has 0 radical (unpaired) electrons. The number of piperazine rings is 1. The van der Waals surface area contributed by atoms with Crippen molar-refractivity contribution in [3.05, 3.63) is 0 Å². The Morgan fingerprint density at radius 3 is 2.47 bits per heavy atom. The number of hydrogen-bond donors (Lipinski definition) is 1. The quantitative estimate of drug-likeness (QED) is 0.742. The van der Waals surface area contributed by atoms with Crippen LogP contribution in [0.25, 0.3) is 0 Å². The molecule has 2 rings (SSSR count). The summed E-state index contributed by atoms with van der Waals surface area (Å²) in [6, 6.07) is -0.469. The fraction of sp³-hybridized carbons (Fsp3) is 0.833. The van der Waals surface area contributed by atoms with E-state index in [1.807, 2.05) is 0 Å². The Hall–Kier alpha value is -1.11. The lowest BCUT2D eigenvalue weighted by Crippen LogP contribution is -2.60. The second-order valence-electron chi connectivity index (χ2n) is 5.50. The van der Waals surface area contributed by atoms with Crippen molar-refractivity contribution in [3.63, 3.8) is 0 Å². The maximum atomic E-state index is 11.9. The van der Waals surface area contributed by atoms with Gasteiger partial charge in [-0.05, 0) is 32.6 Å². The Morgan fingerprint density at radius 2 is 1.95 bits per heavy atom. The minimum Gasteiger partial charge on any atom is -0.345 e. The van der Waals surface area contributed by atoms with Crippen LogP contribution in [-0.4, -0.2) is 55.3 Å². The summed E-state index contributed by atoms with van der Waals surface area (Å²) in [6.07, 6.45) is 1.86. The average molecular weight is 288 g/mol. The zero-order chi connectivity index (χ0) is 14.2. The fourth-order valence-electron chi connectivity index (χ4n) is 2.27. The molecule has 0 aromatic carbocycles. The van der Waals surface area contributed by atoms with Crippen molar-refractivity contribution in [2.75, 3.05) is 18.8 Å². The Labute approximate surface area is 113 Å². The molecule has 0 aromatic rings. The first-order valence-electron chi connectivity index (χ1n) is 6.61. The van der Waals surface area contributed by atoms with Gasteiger partial charge in [-0.15, -0.1) is 0 Å². The molecule has 1 heterocycles. The SMILES string of the molecule is CC(C)S(=O)(=O)CCN1C(=O)CNC(=O)C1C1CC1. The number of carbonyl (C=O) groups excluding carboxylic acids is 2. The van der Waals surface area contributed by atoms with Crippen molar-refractivity contribution in [1.82, 2.24) is 10.2 Å².